The van der Waals surface area contributed by atoms with Crippen LogP contribution in [0, 0.1) is 0 Å². The van der Waals surface area contributed by atoms with Crippen molar-refractivity contribution >= 4 is 5.69 Å². The monoisotopic (exact) mass is 279 g/mol. The van der Waals surface area contributed by atoms with Crippen molar-refractivity contribution in [3.05, 3.63) is 12.1 Å². The molecule has 1 aromatic rings. The van der Waals surface area contributed by atoms with Crippen molar-refractivity contribution in [1.82, 2.24) is 9.88 Å². The largest absolute Gasteiger partial charge is 0.476 e. The van der Waals surface area contributed by atoms with Gasteiger partial charge in [-0.05, 0) is 38.9 Å². The third-order valence-electron chi connectivity index (χ3n) is 3.65. The number of piperidine rings is 1. The lowest BCUT2D eigenvalue weighted by molar-refractivity contribution is 0.122. The maximum absolute atomic E-state index is 5.84. The molecule has 1 atom stereocenters. The first-order valence-electron chi connectivity index (χ1n) is 7.43. The van der Waals surface area contributed by atoms with E-state index in [-0.39, 0.29) is 0 Å². The predicted octanol–water partition coefficient (Wildman–Crippen LogP) is 2.32. The number of nitrogens with two attached hydrogens (primary N) is 1. The lowest BCUT2D eigenvalue weighted by Crippen LogP contribution is -2.40. The minimum atomic E-state index is 0.473. The molecule has 0 saturated carbocycles. The summed E-state index contributed by atoms with van der Waals surface area (Å²) in [5, 5.41) is 0. The summed E-state index contributed by atoms with van der Waals surface area (Å²) in [5.74, 6) is 1.06. The number of likely N-dealkylation sites (N-methyl/N-ethyl adjacent to an activating group) is 1. The van der Waals surface area contributed by atoms with E-state index < -0.39 is 0 Å². The number of hydrogen-bond donors (Lipinski definition) is 1. The summed E-state index contributed by atoms with van der Waals surface area (Å²) in [5.41, 5.74) is 6.40. The lowest BCUT2D eigenvalue weighted by atomic mass is 10.0. The second kappa shape index (κ2) is 7.33. The first kappa shape index (κ1) is 14.9. The first-order chi connectivity index (χ1) is 9.70. The molecule has 0 aromatic carbocycles. The summed E-state index contributed by atoms with van der Waals surface area (Å²) >= 11 is 0. The van der Waals surface area contributed by atoms with Crippen LogP contribution in [-0.2, 0) is 0 Å². The van der Waals surface area contributed by atoms with E-state index >= 15 is 0 Å². The lowest BCUT2D eigenvalue weighted by Gasteiger charge is -2.31. The van der Waals surface area contributed by atoms with E-state index in [0.717, 1.165) is 13.0 Å². The van der Waals surface area contributed by atoms with Crippen LogP contribution < -0.4 is 15.2 Å². The van der Waals surface area contributed by atoms with Crippen LogP contribution in [0.25, 0.3) is 0 Å². The average Bonchev–Trinajstić information content (AvgIpc) is 2.46. The van der Waals surface area contributed by atoms with Gasteiger partial charge in [0.2, 0.25) is 11.8 Å². The van der Waals surface area contributed by atoms with Crippen LogP contribution in [-0.4, -0.2) is 42.7 Å². The summed E-state index contributed by atoms with van der Waals surface area (Å²) in [6.07, 6.45) is 4.67. The SMILES string of the molecule is CCCOc1nc(OCC2CCCCN2C)ccc1N. The average molecular weight is 279 g/mol. The van der Waals surface area contributed by atoms with Gasteiger partial charge in [0.1, 0.15) is 6.61 Å². The topological polar surface area (TPSA) is 60.6 Å². The van der Waals surface area contributed by atoms with Crippen molar-refractivity contribution in [2.45, 2.75) is 38.6 Å². The molecule has 0 bridgehead atoms. The third kappa shape index (κ3) is 4.00. The fourth-order valence-electron chi connectivity index (χ4n) is 2.37. The number of pyridine rings is 1. The summed E-state index contributed by atoms with van der Waals surface area (Å²) < 4.78 is 11.3. The second-order valence-corrected chi connectivity index (χ2v) is 5.33. The second-order valence-electron chi connectivity index (χ2n) is 5.33. The van der Waals surface area contributed by atoms with E-state index in [1.54, 1.807) is 12.1 Å². The van der Waals surface area contributed by atoms with Crippen molar-refractivity contribution < 1.29 is 9.47 Å². The Kier molecular flexibility index (Phi) is 5.47. The van der Waals surface area contributed by atoms with Gasteiger partial charge in [-0.1, -0.05) is 13.3 Å². The fraction of sp³-hybridized carbons (Fsp3) is 0.667. The highest BCUT2D eigenvalue weighted by molar-refractivity contribution is 5.49. The fourth-order valence-corrected chi connectivity index (χ4v) is 2.37. The Morgan fingerprint density at radius 1 is 1.35 bits per heavy atom. The van der Waals surface area contributed by atoms with Gasteiger partial charge < -0.3 is 20.1 Å². The Labute approximate surface area is 121 Å². The number of hydrogen-bond acceptors (Lipinski definition) is 5. The molecule has 1 aromatic heterocycles. The summed E-state index contributed by atoms with van der Waals surface area (Å²) in [6, 6.07) is 4.07. The Morgan fingerprint density at radius 2 is 2.20 bits per heavy atom. The van der Waals surface area contributed by atoms with Gasteiger partial charge >= 0.3 is 0 Å². The number of aromatic nitrogens is 1. The van der Waals surface area contributed by atoms with E-state index in [1.807, 2.05) is 0 Å². The van der Waals surface area contributed by atoms with Gasteiger partial charge in [0.25, 0.3) is 0 Å². The van der Waals surface area contributed by atoms with Crippen LogP contribution in [0.3, 0.4) is 0 Å². The van der Waals surface area contributed by atoms with E-state index in [9.17, 15) is 0 Å². The Hall–Kier alpha value is -1.49. The van der Waals surface area contributed by atoms with Crippen molar-refractivity contribution in [3.63, 3.8) is 0 Å². The highest BCUT2D eigenvalue weighted by Crippen LogP contribution is 2.23. The molecule has 1 unspecified atom stereocenters. The maximum atomic E-state index is 5.84. The van der Waals surface area contributed by atoms with Crippen LogP contribution in [0.4, 0.5) is 5.69 Å². The summed E-state index contributed by atoms with van der Waals surface area (Å²) in [7, 11) is 2.15. The van der Waals surface area contributed by atoms with Crippen molar-refractivity contribution in [1.29, 1.82) is 0 Å². The maximum Gasteiger partial charge on any atom is 0.240 e. The number of likely N-dealkylation sites (tertiary alicyclic amines) is 1. The van der Waals surface area contributed by atoms with Gasteiger partial charge in [0, 0.05) is 12.1 Å². The Morgan fingerprint density at radius 3 is 2.95 bits per heavy atom. The highest BCUT2D eigenvalue weighted by Gasteiger charge is 2.19. The molecule has 1 aliphatic rings. The van der Waals surface area contributed by atoms with Gasteiger partial charge in [-0.2, -0.15) is 4.98 Å². The zero-order chi connectivity index (χ0) is 14.4. The van der Waals surface area contributed by atoms with Crippen molar-refractivity contribution in [2.24, 2.45) is 0 Å². The van der Waals surface area contributed by atoms with Crippen LogP contribution in [0.15, 0.2) is 12.1 Å². The summed E-state index contributed by atoms with van der Waals surface area (Å²) in [4.78, 5) is 6.69. The number of rotatable bonds is 6. The molecule has 0 amide bonds. The molecule has 0 spiro atoms. The molecule has 5 nitrogen and oxygen atoms in total. The van der Waals surface area contributed by atoms with Crippen LogP contribution in [0.1, 0.15) is 32.6 Å². The quantitative estimate of drug-likeness (QED) is 0.866. The molecule has 5 heteroatoms. The molecule has 1 aliphatic heterocycles. The zero-order valence-corrected chi connectivity index (χ0v) is 12.5. The standard InChI is InChI=1S/C15H25N3O2/c1-3-10-19-15-13(16)7-8-14(17-15)20-11-12-6-4-5-9-18(12)2/h7-8,12H,3-6,9-11,16H2,1-2H3. The molecule has 1 saturated heterocycles. The summed E-state index contributed by atoms with van der Waals surface area (Å²) in [6.45, 7) is 4.48. The van der Waals surface area contributed by atoms with E-state index in [2.05, 4.69) is 23.9 Å². The van der Waals surface area contributed by atoms with E-state index in [4.69, 9.17) is 15.2 Å². The number of nitrogens with zero attached hydrogens (tertiary/aromatic N) is 2. The molecule has 1 fully saturated rings. The molecule has 2 rings (SSSR count). The smallest absolute Gasteiger partial charge is 0.240 e. The van der Waals surface area contributed by atoms with E-state index in [0.29, 0.717) is 36.7 Å². The van der Waals surface area contributed by atoms with Crippen LogP contribution in [0.5, 0.6) is 11.8 Å². The van der Waals surface area contributed by atoms with Gasteiger partial charge in [-0.15, -0.1) is 0 Å². The molecular weight excluding hydrogens is 254 g/mol. The van der Waals surface area contributed by atoms with Crippen LogP contribution >= 0.6 is 0 Å². The van der Waals surface area contributed by atoms with Gasteiger partial charge in [-0.25, -0.2) is 0 Å². The van der Waals surface area contributed by atoms with Crippen molar-refractivity contribution in [3.8, 4) is 11.8 Å². The molecule has 2 N–H and O–H groups in total. The highest BCUT2D eigenvalue weighted by atomic mass is 16.5. The molecule has 2 heterocycles. The molecule has 112 valence electrons. The zero-order valence-electron chi connectivity index (χ0n) is 12.5. The number of anilines is 1. The van der Waals surface area contributed by atoms with E-state index in [1.165, 1.54) is 19.3 Å². The molecule has 0 aliphatic carbocycles. The van der Waals surface area contributed by atoms with Crippen molar-refractivity contribution in [2.75, 3.05) is 32.5 Å². The number of nitrogen functional groups attached to an aromatic ring is 1. The predicted molar refractivity (Wildman–Crippen MR) is 80.2 cm³/mol. The minimum absolute atomic E-state index is 0.473. The van der Waals surface area contributed by atoms with Gasteiger partial charge in [-0.3, -0.25) is 0 Å². The first-order valence-corrected chi connectivity index (χ1v) is 7.43. The number of ether oxygens (including phenoxy) is 2. The van der Waals surface area contributed by atoms with Crippen LogP contribution in [0.2, 0.25) is 0 Å². The van der Waals surface area contributed by atoms with Gasteiger partial charge in [0.05, 0.1) is 12.3 Å². The normalized spacial score (nSPS) is 19.8. The Bertz CT molecular complexity index is 426. The molecule has 20 heavy (non-hydrogen) atoms. The third-order valence-corrected chi connectivity index (χ3v) is 3.65. The molecule has 0 radical (unpaired) electrons. The Balaban J connectivity index is 1.91. The molecular formula is C15H25N3O2. The van der Waals surface area contributed by atoms with Gasteiger partial charge in [0.15, 0.2) is 0 Å². The minimum Gasteiger partial charge on any atom is -0.476 e.